The summed E-state index contributed by atoms with van der Waals surface area (Å²) in [6.45, 7) is 5.98. The van der Waals surface area contributed by atoms with Gasteiger partial charge >= 0.3 is 0 Å². The van der Waals surface area contributed by atoms with Crippen LogP contribution in [0.15, 0.2) is 66.4 Å². The van der Waals surface area contributed by atoms with E-state index < -0.39 is 0 Å². The van der Waals surface area contributed by atoms with Gasteiger partial charge in [0.15, 0.2) is 5.76 Å². The highest BCUT2D eigenvalue weighted by molar-refractivity contribution is 6.15. The summed E-state index contributed by atoms with van der Waals surface area (Å²) in [4.78, 5) is 17.6. The van der Waals surface area contributed by atoms with Gasteiger partial charge in [0.1, 0.15) is 17.2 Å². The molecule has 3 aromatic rings. The molecule has 0 amide bonds. The summed E-state index contributed by atoms with van der Waals surface area (Å²) in [5, 5.41) is 10.6. The van der Waals surface area contributed by atoms with E-state index in [2.05, 4.69) is 21.9 Å². The number of aromatic hydroxyl groups is 1. The number of phenols is 1. The minimum Gasteiger partial charge on any atom is -0.507 e. The van der Waals surface area contributed by atoms with Crippen molar-refractivity contribution in [3.63, 3.8) is 0 Å². The van der Waals surface area contributed by atoms with E-state index in [1.54, 1.807) is 25.3 Å². The maximum Gasteiger partial charge on any atom is 0.231 e. The molecule has 0 saturated carbocycles. The fraction of sp³-hybridized carbons (Fsp3) is 0.250. The minimum absolute atomic E-state index is 0.152. The van der Waals surface area contributed by atoms with Gasteiger partial charge in [0.25, 0.3) is 0 Å². The zero-order valence-corrected chi connectivity index (χ0v) is 19.5. The van der Waals surface area contributed by atoms with Gasteiger partial charge in [0.05, 0.1) is 18.2 Å². The third kappa shape index (κ3) is 4.37. The van der Waals surface area contributed by atoms with Gasteiger partial charge in [-0.2, -0.15) is 0 Å². The molecule has 0 spiro atoms. The Bertz CT molecular complexity index is 1220. The SMILES string of the molecule is COc1ccc(N2CCN(Cc3c(O)ccc4c3O/C(=C\c3ccc(C)cc3)C4=O)CC2)cc1. The Morgan fingerprint density at radius 3 is 2.35 bits per heavy atom. The van der Waals surface area contributed by atoms with Crippen molar-refractivity contribution in [2.75, 3.05) is 38.2 Å². The summed E-state index contributed by atoms with van der Waals surface area (Å²) in [6, 6.07) is 19.3. The van der Waals surface area contributed by atoms with Gasteiger partial charge in [-0.1, -0.05) is 29.8 Å². The number of fused-ring (bicyclic) bond motifs is 1. The highest BCUT2D eigenvalue weighted by atomic mass is 16.5. The number of anilines is 1. The lowest BCUT2D eigenvalue weighted by Gasteiger charge is -2.36. The number of piperazine rings is 1. The van der Waals surface area contributed by atoms with Crippen molar-refractivity contribution in [1.82, 2.24) is 4.90 Å². The second-order valence-corrected chi connectivity index (χ2v) is 8.75. The molecule has 0 atom stereocenters. The third-order valence-electron chi connectivity index (χ3n) is 6.48. The number of Topliss-reactive ketones (excluding diaryl/α,β-unsaturated/α-hetero) is 1. The van der Waals surface area contributed by atoms with E-state index >= 15 is 0 Å². The molecule has 0 radical (unpaired) electrons. The van der Waals surface area contributed by atoms with Crippen LogP contribution in [0.3, 0.4) is 0 Å². The second-order valence-electron chi connectivity index (χ2n) is 8.75. The molecule has 2 aliphatic rings. The van der Waals surface area contributed by atoms with Gasteiger partial charge in [-0.05, 0) is 55.0 Å². The predicted octanol–water partition coefficient (Wildman–Crippen LogP) is 4.65. The van der Waals surface area contributed by atoms with E-state index in [1.807, 2.05) is 43.3 Å². The Labute approximate surface area is 199 Å². The molecule has 2 aliphatic heterocycles. The molecule has 0 aliphatic carbocycles. The van der Waals surface area contributed by atoms with E-state index in [-0.39, 0.29) is 17.3 Å². The molecule has 1 saturated heterocycles. The van der Waals surface area contributed by atoms with Crippen LogP contribution in [0.5, 0.6) is 17.2 Å². The van der Waals surface area contributed by atoms with Crippen LogP contribution < -0.4 is 14.4 Å². The number of allylic oxidation sites excluding steroid dienone is 1. The first-order chi connectivity index (χ1) is 16.5. The van der Waals surface area contributed by atoms with E-state index in [4.69, 9.17) is 9.47 Å². The molecular formula is C28H28N2O4. The third-order valence-corrected chi connectivity index (χ3v) is 6.48. The maximum atomic E-state index is 13.0. The number of rotatable bonds is 5. The summed E-state index contributed by atoms with van der Waals surface area (Å²) in [6.07, 6.45) is 1.76. The number of aryl methyl sites for hydroxylation is 1. The fourth-order valence-corrected chi connectivity index (χ4v) is 4.44. The highest BCUT2D eigenvalue weighted by Crippen LogP contribution is 2.40. The quantitative estimate of drug-likeness (QED) is 0.564. The van der Waals surface area contributed by atoms with Crippen LogP contribution in [0.25, 0.3) is 6.08 Å². The van der Waals surface area contributed by atoms with Crippen LogP contribution >= 0.6 is 0 Å². The van der Waals surface area contributed by atoms with E-state index in [1.165, 1.54) is 5.69 Å². The number of ether oxygens (including phenoxy) is 2. The molecule has 0 bridgehead atoms. The largest absolute Gasteiger partial charge is 0.507 e. The molecule has 6 nitrogen and oxygen atoms in total. The average Bonchev–Trinajstić information content (AvgIpc) is 3.18. The van der Waals surface area contributed by atoms with Crippen molar-refractivity contribution in [3.8, 4) is 17.2 Å². The molecule has 2 heterocycles. The standard InChI is InChI=1S/C28H28N2O4/c1-19-3-5-20(6-4-19)17-26-27(32)23-11-12-25(31)24(28(23)34-26)18-29-13-15-30(16-14-29)21-7-9-22(33-2)10-8-21/h3-12,17,31H,13-16,18H2,1-2H3/b26-17-. The van der Waals surface area contributed by atoms with Gasteiger partial charge in [0, 0.05) is 38.4 Å². The van der Waals surface area contributed by atoms with Crippen LogP contribution in [0.2, 0.25) is 0 Å². The fourth-order valence-electron chi connectivity index (χ4n) is 4.44. The first-order valence-electron chi connectivity index (χ1n) is 11.5. The van der Waals surface area contributed by atoms with Crippen LogP contribution in [-0.4, -0.2) is 49.1 Å². The normalized spacial score (nSPS) is 17.1. The van der Waals surface area contributed by atoms with Crippen molar-refractivity contribution >= 4 is 17.5 Å². The number of methoxy groups -OCH3 is 1. The van der Waals surface area contributed by atoms with Gasteiger partial charge < -0.3 is 19.5 Å². The molecule has 174 valence electrons. The predicted molar refractivity (Wildman–Crippen MR) is 133 cm³/mol. The summed E-state index contributed by atoms with van der Waals surface area (Å²) in [5.74, 6) is 1.61. The maximum absolute atomic E-state index is 13.0. The lowest BCUT2D eigenvalue weighted by atomic mass is 10.0. The molecular weight excluding hydrogens is 428 g/mol. The summed E-state index contributed by atoms with van der Waals surface area (Å²) >= 11 is 0. The van der Waals surface area contributed by atoms with Gasteiger partial charge in [0.2, 0.25) is 5.78 Å². The number of phenolic OH excluding ortho intramolecular Hbond substituents is 1. The smallest absolute Gasteiger partial charge is 0.231 e. The summed E-state index contributed by atoms with van der Waals surface area (Å²) in [5.41, 5.74) is 4.40. The number of benzene rings is 3. The van der Waals surface area contributed by atoms with Crippen molar-refractivity contribution in [3.05, 3.63) is 88.7 Å². The van der Waals surface area contributed by atoms with Crippen LogP contribution in [-0.2, 0) is 6.54 Å². The Morgan fingerprint density at radius 1 is 0.971 bits per heavy atom. The van der Waals surface area contributed by atoms with Crippen molar-refractivity contribution in [2.45, 2.75) is 13.5 Å². The number of carbonyl (C=O) groups is 1. The monoisotopic (exact) mass is 456 g/mol. The number of ketones is 1. The zero-order valence-electron chi connectivity index (χ0n) is 19.5. The van der Waals surface area contributed by atoms with E-state index in [0.29, 0.717) is 23.4 Å². The molecule has 1 fully saturated rings. The van der Waals surface area contributed by atoms with Crippen molar-refractivity contribution < 1.29 is 19.4 Å². The van der Waals surface area contributed by atoms with E-state index in [9.17, 15) is 9.90 Å². The van der Waals surface area contributed by atoms with Crippen LogP contribution in [0, 0.1) is 6.92 Å². The Morgan fingerprint density at radius 2 is 1.68 bits per heavy atom. The zero-order chi connectivity index (χ0) is 23.7. The second kappa shape index (κ2) is 9.23. The highest BCUT2D eigenvalue weighted by Gasteiger charge is 2.32. The van der Waals surface area contributed by atoms with Crippen LogP contribution in [0.1, 0.15) is 27.0 Å². The first kappa shape index (κ1) is 22.0. The molecule has 5 rings (SSSR count). The Balaban J connectivity index is 1.30. The molecule has 3 aromatic carbocycles. The molecule has 1 N–H and O–H groups in total. The molecule has 0 aromatic heterocycles. The van der Waals surface area contributed by atoms with Gasteiger partial charge in [-0.15, -0.1) is 0 Å². The van der Waals surface area contributed by atoms with Crippen LogP contribution in [0.4, 0.5) is 5.69 Å². The number of hydrogen-bond donors (Lipinski definition) is 1. The van der Waals surface area contributed by atoms with Gasteiger partial charge in [-0.25, -0.2) is 0 Å². The first-order valence-corrected chi connectivity index (χ1v) is 11.5. The lowest BCUT2D eigenvalue weighted by Crippen LogP contribution is -2.46. The molecule has 0 unspecified atom stereocenters. The van der Waals surface area contributed by atoms with E-state index in [0.717, 1.165) is 43.1 Å². The summed E-state index contributed by atoms with van der Waals surface area (Å²) in [7, 11) is 1.67. The minimum atomic E-state index is -0.152. The van der Waals surface area contributed by atoms with Gasteiger partial charge in [-0.3, -0.25) is 9.69 Å². The molecule has 6 heteroatoms. The molecule has 34 heavy (non-hydrogen) atoms. The van der Waals surface area contributed by atoms with Crippen molar-refractivity contribution in [2.24, 2.45) is 0 Å². The number of carbonyl (C=O) groups excluding carboxylic acids is 1. The average molecular weight is 457 g/mol. The number of hydrogen-bond acceptors (Lipinski definition) is 6. The lowest BCUT2D eigenvalue weighted by molar-refractivity contribution is 0.101. The Kier molecular flexibility index (Phi) is 5.99. The number of nitrogens with zero attached hydrogens (tertiary/aromatic N) is 2. The Hall–Kier alpha value is -3.77. The van der Waals surface area contributed by atoms with Crippen molar-refractivity contribution in [1.29, 1.82) is 0 Å². The topological polar surface area (TPSA) is 62.2 Å². The summed E-state index contributed by atoms with van der Waals surface area (Å²) < 4.78 is 11.3.